The molecule has 4 rings (SSSR count). The van der Waals surface area contributed by atoms with Gasteiger partial charge in [0.25, 0.3) is 0 Å². The molecule has 29 heavy (non-hydrogen) atoms. The molecule has 0 bridgehead atoms. The molecule has 1 unspecified atom stereocenters. The van der Waals surface area contributed by atoms with E-state index in [1.807, 2.05) is 61.7 Å². The summed E-state index contributed by atoms with van der Waals surface area (Å²) in [5, 5.41) is 11.9. The third kappa shape index (κ3) is 3.91. The van der Waals surface area contributed by atoms with Crippen molar-refractivity contribution in [2.24, 2.45) is 0 Å². The smallest absolute Gasteiger partial charge is 0.373 e. The Morgan fingerprint density at radius 3 is 2.62 bits per heavy atom. The van der Waals surface area contributed by atoms with Crippen molar-refractivity contribution < 1.29 is 9.30 Å². The van der Waals surface area contributed by atoms with E-state index < -0.39 is 7.80 Å². The molecule has 2 N–H and O–H groups in total. The Labute approximate surface area is 169 Å². The highest BCUT2D eigenvalue weighted by Crippen LogP contribution is 2.29. The van der Waals surface area contributed by atoms with E-state index in [2.05, 4.69) is 20.7 Å². The minimum atomic E-state index is -1.45. The van der Waals surface area contributed by atoms with Crippen molar-refractivity contribution in [3.8, 4) is 5.75 Å². The third-order valence-electron chi connectivity index (χ3n) is 4.58. The number of anilines is 4. The second-order valence-electron chi connectivity index (χ2n) is 6.57. The van der Waals surface area contributed by atoms with Crippen LogP contribution in [-0.4, -0.2) is 28.4 Å². The molecule has 1 atom stereocenters. The van der Waals surface area contributed by atoms with Crippen LogP contribution >= 0.6 is 7.80 Å². The normalized spacial score (nSPS) is 11.3. The standard InChI is InChI=1S/C21H21N5O2P/c1-14-7-4-5-8-16(14)22-20-18-9-6-12-26(18)25-21(24-20)23-17-11-10-15(29(3)27)13-19(17)28-2/h4-13H,1-3H3,(H2,22,23,24,25)/q+1. The van der Waals surface area contributed by atoms with Crippen LogP contribution < -0.4 is 20.7 Å². The van der Waals surface area contributed by atoms with Crippen molar-refractivity contribution in [3.05, 3.63) is 66.4 Å². The molecule has 146 valence electrons. The molecular formula is C21H21N5O2P+. The third-order valence-corrected chi connectivity index (χ3v) is 5.59. The zero-order valence-corrected chi connectivity index (χ0v) is 17.3. The molecule has 0 aliphatic heterocycles. The molecule has 4 aromatic rings. The molecular weight excluding hydrogens is 385 g/mol. The Morgan fingerprint density at radius 2 is 1.86 bits per heavy atom. The average molecular weight is 406 g/mol. The zero-order chi connectivity index (χ0) is 20.4. The second-order valence-corrected chi connectivity index (χ2v) is 8.08. The monoisotopic (exact) mass is 406 g/mol. The fraction of sp³-hybridized carbons (Fsp3) is 0.143. The van der Waals surface area contributed by atoms with Crippen LogP contribution in [0.3, 0.4) is 0 Å². The van der Waals surface area contributed by atoms with Crippen LogP contribution in [0.25, 0.3) is 5.52 Å². The van der Waals surface area contributed by atoms with E-state index in [0.29, 0.717) is 23.2 Å². The Kier molecular flexibility index (Phi) is 5.14. The maximum atomic E-state index is 11.8. The summed E-state index contributed by atoms with van der Waals surface area (Å²) in [4.78, 5) is 4.67. The first-order chi connectivity index (χ1) is 14.0. The lowest BCUT2D eigenvalue weighted by molar-refractivity contribution is 0.417. The van der Waals surface area contributed by atoms with Gasteiger partial charge >= 0.3 is 7.80 Å². The molecule has 7 nitrogen and oxygen atoms in total. The van der Waals surface area contributed by atoms with Crippen molar-refractivity contribution in [1.29, 1.82) is 0 Å². The molecule has 0 amide bonds. The maximum Gasteiger partial charge on any atom is 0.373 e. The Balaban J connectivity index is 1.72. The molecule has 0 saturated heterocycles. The summed E-state index contributed by atoms with van der Waals surface area (Å²) in [5.41, 5.74) is 3.66. The van der Waals surface area contributed by atoms with E-state index in [1.165, 1.54) is 0 Å². The van der Waals surface area contributed by atoms with Gasteiger partial charge in [0.2, 0.25) is 5.95 Å². The van der Waals surface area contributed by atoms with Crippen molar-refractivity contribution in [1.82, 2.24) is 14.6 Å². The Hall–Kier alpha value is -3.44. The highest BCUT2D eigenvalue weighted by Gasteiger charge is 2.16. The molecule has 2 aromatic carbocycles. The number of hydrogen-bond acceptors (Lipinski definition) is 6. The van der Waals surface area contributed by atoms with E-state index in [9.17, 15) is 4.57 Å². The molecule has 0 aliphatic carbocycles. The van der Waals surface area contributed by atoms with Gasteiger partial charge in [0, 0.05) is 18.0 Å². The van der Waals surface area contributed by atoms with Gasteiger partial charge in [0.1, 0.15) is 17.9 Å². The summed E-state index contributed by atoms with van der Waals surface area (Å²) in [6.07, 6.45) is 1.87. The van der Waals surface area contributed by atoms with Crippen LogP contribution in [0.15, 0.2) is 60.8 Å². The number of para-hydroxylation sites is 1. The highest BCUT2D eigenvalue weighted by molar-refractivity contribution is 7.52. The lowest BCUT2D eigenvalue weighted by atomic mass is 10.2. The number of rotatable bonds is 6. The van der Waals surface area contributed by atoms with Gasteiger partial charge in [-0.1, -0.05) is 22.8 Å². The highest BCUT2D eigenvalue weighted by atomic mass is 31.1. The summed E-state index contributed by atoms with van der Waals surface area (Å²) in [7, 11) is 0.131. The molecule has 2 heterocycles. The van der Waals surface area contributed by atoms with Crippen LogP contribution in [0.2, 0.25) is 0 Å². The van der Waals surface area contributed by atoms with E-state index in [4.69, 9.17) is 4.74 Å². The van der Waals surface area contributed by atoms with Gasteiger partial charge in [-0.25, -0.2) is 4.52 Å². The average Bonchev–Trinajstić information content (AvgIpc) is 3.19. The van der Waals surface area contributed by atoms with Crippen LogP contribution in [0.4, 0.5) is 23.1 Å². The van der Waals surface area contributed by atoms with E-state index >= 15 is 0 Å². The molecule has 0 saturated carbocycles. The number of nitrogens with zero attached hydrogens (tertiary/aromatic N) is 3. The van der Waals surface area contributed by atoms with Crippen molar-refractivity contribution in [2.45, 2.75) is 6.92 Å². The van der Waals surface area contributed by atoms with Gasteiger partial charge < -0.3 is 15.4 Å². The predicted octanol–water partition coefficient (Wildman–Crippen LogP) is 4.62. The number of benzene rings is 2. The van der Waals surface area contributed by atoms with Crippen molar-refractivity contribution in [3.63, 3.8) is 0 Å². The summed E-state index contributed by atoms with van der Waals surface area (Å²) >= 11 is 0. The van der Waals surface area contributed by atoms with Crippen LogP contribution in [0, 0.1) is 6.92 Å². The van der Waals surface area contributed by atoms with E-state index in [1.54, 1.807) is 24.4 Å². The second kappa shape index (κ2) is 7.89. The van der Waals surface area contributed by atoms with Gasteiger partial charge in [-0.2, -0.15) is 4.98 Å². The fourth-order valence-electron chi connectivity index (χ4n) is 3.02. The first-order valence-electron chi connectivity index (χ1n) is 9.09. The van der Waals surface area contributed by atoms with Crippen LogP contribution in [0.1, 0.15) is 5.56 Å². The largest absolute Gasteiger partial charge is 0.494 e. The van der Waals surface area contributed by atoms with Crippen molar-refractivity contribution >= 4 is 41.8 Å². The van der Waals surface area contributed by atoms with Gasteiger partial charge in [-0.05, 0) is 42.8 Å². The molecule has 0 spiro atoms. The number of nitrogens with one attached hydrogen (secondary N) is 2. The summed E-state index contributed by atoms with van der Waals surface area (Å²) in [5.74, 6) is 1.68. The first-order valence-corrected chi connectivity index (χ1v) is 10.8. The summed E-state index contributed by atoms with van der Waals surface area (Å²) in [6, 6.07) is 17.3. The number of fused-ring (bicyclic) bond motifs is 1. The molecule has 0 fully saturated rings. The lowest BCUT2D eigenvalue weighted by Gasteiger charge is -2.13. The molecule has 0 radical (unpaired) electrons. The minimum absolute atomic E-state index is 0.414. The Morgan fingerprint density at radius 1 is 1.03 bits per heavy atom. The molecule has 0 aliphatic rings. The first kappa shape index (κ1) is 18.9. The fourth-order valence-corrected chi connectivity index (χ4v) is 3.60. The number of ether oxygens (including phenoxy) is 1. The van der Waals surface area contributed by atoms with Crippen molar-refractivity contribution in [2.75, 3.05) is 24.4 Å². The Bertz CT molecular complexity index is 1200. The van der Waals surface area contributed by atoms with E-state index in [0.717, 1.165) is 22.1 Å². The SMILES string of the molecule is COc1cc([P+](C)=O)ccc1Nc1nc(Nc2ccccc2C)c2cccn2n1. The number of aromatic nitrogens is 3. The summed E-state index contributed by atoms with van der Waals surface area (Å²) < 4.78 is 19.0. The minimum Gasteiger partial charge on any atom is -0.494 e. The number of aryl methyl sites for hydroxylation is 1. The van der Waals surface area contributed by atoms with Crippen LogP contribution in [0.5, 0.6) is 5.75 Å². The van der Waals surface area contributed by atoms with E-state index in [-0.39, 0.29) is 0 Å². The molecule has 2 aromatic heterocycles. The maximum absolute atomic E-state index is 11.8. The van der Waals surface area contributed by atoms with Crippen LogP contribution in [-0.2, 0) is 4.57 Å². The molecule has 8 heteroatoms. The van der Waals surface area contributed by atoms with Gasteiger partial charge in [0.05, 0.1) is 12.8 Å². The van der Waals surface area contributed by atoms with Gasteiger partial charge in [-0.15, -0.1) is 5.10 Å². The lowest BCUT2D eigenvalue weighted by Crippen LogP contribution is -2.07. The van der Waals surface area contributed by atoms with Gasteiger partial charge in [-0.3, -0.25) is 0 Å². The predicted molar refractivity (Wildman–Crippen MR) is 117 cm³/mol. The summed E-state index contributed by atoms with van der Waals surface area (Å²) in [6.45, 7) is 3.72. The topological polar surface area (TPSA) is 80.5 Å². The number of hydrogen-bond donors (Lipinski definition) is 2. The quantitative estimate of drug-likeness (QED) is 0.455. The zero-order valence-electron chi connectivity index (χ0n) is 16.4. The van der Waals surface area contributed by atoms with Gasteiger partial charge in [0.15, 0.2) is 11.1 Å². The number of methoxy groups -OCH3 is 1.